The van der Waals surface area contributed by atoms with E-state index in [-0.39, 0.29) is 22.7 Å². The zero-order valence-electron chi connectivity index (χ0n) is 15.3. The van der Waals surface area contributed by atoms with Gasteiger partial charge in [-0.15, -0.1) is 0 Å². The molecule has 0 spiro atoms. The molecule has 0 saturated carbocycles. The van der Waals surface area contributed by atoms with Crippen molar-refractivity contribution in [3.8, 4) is 0 Å². The first-order valence-electron chi connectivity index (χ1n) is 8.60. The van der Waals surface area contributed by atoms with Gasteiger partial charge < -0.3 is 10.6 Å². The van der Waals surface area contributed by atoms with Crippen LogP contribution in [0.4, 0.5) is 4.39 Å². The van der Waals surface area contributed by atoms with E-state index in [2.05, 4.69) is 11.8 Å². The zero-order valence-corrected chi connectivity index (χ0v) is 15.3. The third-order valence-corrected chi connectivity index (χ3v) is 4.83. The van der Waals surface area contributed by atoms with E-state index in [0.29, 0.717) is 19.6 Å². The monoisotopic (exact) mass is 335 g/mol. The van der Waals surface area contributed by atoms with E-state index in [9.17, 15) is 9.18 Å². The molecule has 1 aliphatic heterocycles. The molecule has 1 atom stereocenters. The van der Waals surface area contributed by atoms with Crippen LogP contribution in [0.25, 0.3) is 0 Å². The van der Waals surface area contributed by atoms with Crippen molar-refractivity contribution in [2.75, 3.05) is 26.2 Å². The zero-order chi connectivity index (χ0) is 18.0. The molecule has 1 aliphatic rings. The van der Waals surface area contributed by atoms with Crippen LogP contribution in [0.5, 0.6) is 0 Å². The van der Waals surface area contributed by atoms with Crippen LogP contribution in [0.2, 0.25) is 0 Å². The molecule has 1 amide bonds. The summed E-state index contributed by atoms with van der Waals surface area (Å²) < 4.78 is 13.4. The number of nitrogens with two attached hydrogens (primary N) is 1. The third kappa shape index (κ3) is 4.77. The summed E-state index contributed by atoms with van der Waals surface area (Å²) in [6.45, 7) is 11.4. The minimum Gasteiger partial charge on any atom is -0.332 e. The van der Waals surface area contributed by atoms with Crippen LogP contribution in [0.1, 0.15) is 39.7 Å². The van der Waals surface area contributed by atoms with Gasteiger partial charge >= 0.3 is 0 Å². The number of hydrogen-bond acceptors (Lipinski definition) is 3. The molecule has 1 aromatic carbocycles. The fraction of sp³-hybridized carbons (Fsp3) is 0.632. The fourth-order valence-corrected chi connectivity index (χ4v) is 3.22. The molecule has 1 heterocycles. The van der Waals surface area contributed by atoms with Crippen molar-refractivity contribution in [1.29, 1.82) is 0 Å². The second-order valence-corrected chi connectivity index (χ2v) is 8.26. The van der Waals surface area contributed by atoms with Crippen molar-refractivity contribution in [2.45, 2.75) is 46.2 Å². The lowest BCUT2D eigenvalue weighted by Crippen LogP contribution is -2.49. The molecule has 1 unspecified atom stereocenters. The predicted octanol–water partition coefficient (Wildman–Crippen LogP) is 2.62. The predicted molar refractivity (Wildman–Crippen MR) is 94.9 cm³/mol. The molecular formula is C19H30FN3O. The lowest BCUT2D eigenvalue weighted by Gasteiger charge is -2.37. The van der Waals surface area contributed by atoms with Crippen molar-refractivity contribution in [3.63, 3.8) is 0 Å². The van der Waals surface area contributed by atoms with Crippen LogP contribution in [0, 0.1) is 11.2 Å². The van der Waals surface area contributed by atoms with Crippen LogP contribution in [-0.4, -0.2) is 47.4 Å². The molecule has 0 radical (unpaired) electrons. The van der Waals surface area contributed by atoms with Gasteiger partial charge in [-0.2, -0.15) is 0 Å². The lowest BCUT2D eigenvalue weighted by molar-refractivity contribution is -0.137. The Morgan fingerprint density at radius 1 is 1.42 bits per heavy atom. The second kappa shape index (κ2) is 7.19. The first-order chi connectivity index (χ1) is 11.1. The Morgan fingerprint density at radius 3 is 2.67 bits per heavy atom. The Bertz CT molecular complexity index is 584. The molecule has 5 heteroatoms. The van der Waals surface area contributed by atoms with Gasteiger partial charge in [0.2, 0.25) is 5.91 Å². The summed E-state index contributed by atoms with van der Waals surface area (Å²) in [6.07, 6.45) is 1.02. The Balaban J connectivity index is 2.07. The van der Waals surface area contributed by atoms with Gasteiger partial charge in [0, 0.05) is 18.6 Å². The summed E-state index contributed by atoms with van der Waals surface area (Å²) >= 11 is 0. The molecule has 1 saturated heterocycles. The molecule has 0 aromatic heterocycles. The number of amides is 1. The summed E-state index contributed by atoms with van der Waals surface area (Å²) in [6, 6.07) is 6.46. The van der Waals surface area contributed by atoms with Gasteiger partial charge in [-0.25, -0.2) is 4.39 Å². The standard InChI is InChI=1S/C19H30FN3O/c1-18(2,3)23(11-15-6-5-7-16(20)10-15)17(24)12-22-9-8-19(4,13-21)14-22/h5-7,10H,8-9,11-14,21H2,1-4H3. The largest absolute Gasteiger partial charge is 0.332 e. The molecule has 0 bridgehead atoms. The molecule has 2 rings (SSSR count). The lowest BCUT2D eigenvalue weighted by atomic mass is 9.90. The smallest absolute Gasteiger partial charge is 0.237 e. The highest BCUT2D eigenvalue weighted by Gasteiger charge is 2.35. The maximum absolute atomic E-state index is 13.4. The van der Waals surface area contributed by atoms with Crippen molar-refractivity contribution in [2.24, 2.45) is 11.1 Å². The van der Waals surface area contributed by atoms with Crippen LogP contribution in [0.15, 0.2) is 24.3 Å². The highest BCUT2D eigenvalue weighted by atomic mass is 19.1. The normalized spacial score (nSPS) is 21.9. The summed E-state index contributed by atoms with van der Waals surface area (Å²) in [5.41, 5.74) is 6.45. The minimum atomic E-state index is -0.319. The van der Waals surface area contributed by atoms with E-state index in [1.807, 2.05) is 31.7 Å². The van der Waals surface area contributed by atoms with E-state index in [1.165, 1.54) is 12.1 Å². The highest BCUT2D eigenvalue weighted by molar-refractivity contribution is 5.79. The van der Waals surface area contributed by atoms with Crippen LogP contribution in [0.3, 0.4) is 0 Å². The van der Waals surface area contributed by atoms with Gasteiger partial charge in [-0.3, -0.25) is 9.69 Å². The van der Waals surface area contributed by atoms with Gasteiger partial charge in [0.15, 0.2) is 0 Å². The van der Waals surface area contributed by atoms with Crippen molar-refractivity contribution in [3.05, 3.63) is 35.6 Å². The van der Waals surface area contributed by atoms with Crippen molar-refractivity contribution < 1.29 is 9.18 Å². The fourth-order valence-electron chi connectivity index (χ4n) is 3.22. The molecule has 0 aliphatic carbocycles. The molecular weight excluding hydrogens is 305 g/mol. The van der Waals surface area contributed by atoms with Crippen molar-refractivity contribution >= 4 is 5.91 Å². The summed E-state index contributed by atoms with van der Waals surface area (Å²) in [5.74, 6) is -0.194. The van der Waals surface area contributed by atoms with Gasteiger partial charge in [0.05, 0.1) is 6.54 Å². The first-order valence-corrected chi connectivity index (χ1v) is 8.60. The molecule has 24 heavy (non-hydrogen) atoms. The molecule has 1 aromatic rings. The summed E-state index contributed by atoms with van der Waals surface area (Å²) in [5, 5.41) is 0. The summed E-state index contributed by atoms with van der Waals surface area (Å²) in [7, 11) is 0. The topological polar surface area (TPSA) is 49.6 Å². The van der Waals surface area contributed by atoms with Crippen LogP contribution in [-0.2, 0) is 11.3 Å². The molecule has 134 valence electrons. The molecule has 2 N–H and O–H groups in total. The Morgan fingerprint density at radius 2 is 2.12 bits per heavy atom. The highest BCUT2D eigenvalue weighted by Crippen LogP contribution is 2.28. The van der Waals surface area contributed by atoms with Gasteiger partial charge in [-0.1, -0.05) is 19.1 Å². The molecule has 4 nitrogen and oxygen atoms in total. The maximum Gasteiger partial charge on any atom is 0.237 e. The quantitative estimate of drug-likeness (QED) is 0.900. The Hall–Kier alpha value is -1.46. The average Bonchev–Trinajstić information content (AvgIpc) is 2.85. The van der Waals surface area contributed by atoms with Crippen LogP contribution < -0.4 is 5.73 Å². The minimum absolute atomic E-state index is 0.0769. The van der Waals surface area contributed by atoms with Gasteiger partial charge in [0.1, 0.15) is 5.82 Å². The number of carbonyl (C=O) groups is 1. The number of halogens is 1. The van der Waals surface area contributed by atoms with E-state index in [1.54, 1.807) is 6.07 Å². The summed E-state index contributed by atoms with van der Waals surface area (Å²) in [4.78, 5) is 16.9. The number of rotatable bonds is 5. The Labute approximate surface area is 144 Å². The average molecular weight is 335 g/mol. The van der Waals surface area contributed by atoms with Gasteiger partial charge in [0.25, 0.3) is 0 Å². The number of nitrogens with zero attached hydrogens (tertiary/aromatic N) is 2. The van der Waals surface area contributed by atoms with Crippen molar-refractivity contribution in [1.82, 2.24) is 9.80 Å². The number of benzene rings is 1. The van der Waals surface area contributed by atoms with Crippen LogP contribution >= 0.6 is 0 Å². The first kappa shape index (κ1) is 18.9. The Kier molecular flexibility index (Phi) is 5.66. The maximum atomic E-state index is 13.4. The second-order valence-electron chi connectivity index (χ2n) is 8.26. The van der Waals surface area contributed by atoms with Gasteiger partial charge in [-0.05, 0) is 63.4 Å². The third-order valence-electron chi connectivity index (χ3n) is 4.83. The number of hydrogen-bond donors (Lipinski definition) is 1. The number of carbonyl (C=O) groups excluding carboxylic acids is 1. The number of likely N-dealkylation sites (tertiary alicyclic amines) is 1. The SMILES string of the molecule is CC1(CN)CCN(CC(=O)N(Cc2cccc(F)c2)C(C)(C)C)C1. The molecule has 1 fully saturated rings. The van der Waals surface area contributed by atoms with E-state index in [0.717, 1.165) is 25.1 Å². The van der Waals surface area contributed by atoms with E-state index < -0.39 is 0 Å². The van der Waals surface area contributed by atoms with E-state index >= 15 is 0 Å². The van der Waals surface area contributed by atoms with E-state index in [4.69, 9.17) is 5.73 Å².